The van der Waals surface area contributed by atoms with E-state index in [0.29, 0.717) is 15.9 Å². The second kappa shape index (κ2) is 6.58. The molecule has 0 radical (unpaired) electrons. The second-order valence-electron chi connectivity index (χ2n) is 4.58. The second-order valence-corrected chi connectivity index (χ2v) is 5.36. The number of aryl methyl sites for hydroxylation is 1. The van der Waals surface area contributed by atoms with Crippen molar-refractivity contribution in [2.24, 2.45) is 0 Å². The van der Waals surface area contributed by atoms with E-state index in [0.717, 1.165) is 0 Å². The van der Waals surface area contributed by atoms with Crippen LogP contribution in [0.4, 0.5) is 14.5 Å². The highest BCUT2D eigenvalue weighted by Crippen LogP contribution is 2.28. The summed E-state index contributed by atoms with van der Waals surface area (Å²) >= 11 is 11.7. The minimum atomic E-state index is -2.75. The fraction of sp³-hybridized carbons (Fsp3) is 0.308. The molecule has 0 saturated carbocycles. The van der Waals surface area contributed by atoms with Gasteiger partial charge in [0.1, 0.15) is 0 Å². The van der Waals surface area contributed by atoms with E-state index in [1.165, 1.54) is 19.3 Å². The van der Waals surface area contributed by atoms with Gasteiger partial charge in [-0.1, -0.05) is 23.2 Å². The SMILES string of the molecule is Cc1nn(C(F)F)c(C)c1CC(=O)Nc1cncc(Cl)c1Cl. The van der Waals surface area contributed by atoms with E-state index < -0.39 is 12.5 Å². The summed E-state index contributed by atoms with van der Waals surface area (Å²) in [5, 5.41) is 6.65. The fourth-order valence-corrected chi connectivity index (χ4v) is 2.31. The van der Waals surface area contributed by atoms with Crippen molar-refractivity contribution >= 4 is 34.8 Å². The number of aromatic nitrogens is 3. The zero-order valence-electron chi connectivity index (χ0n) is 11.7. The summed E-state index contributed by atoms with van der Waals surface area (Å²) in [5.41, 5.74) is 1.33. The Hall–Kier alpha value is -1.73. The molecular formula is C13H12Cl2F2N4O. The molecule has 2 aromatic heterocycles. The van der Waals surface area contributed by atoms with Crippen LogP contribution in [0.15, 0.2) is 12.4 Å². The highest BCUT2D eigenvalue weighted by molar-refractivity contribution is 6.43. The number of hydrogen-bond acceptors (Lipinski definition) is 3. The molecule has 1 N–H and O–H groups in total. The van der Waals surface area contributed by atoms with E-state index in [1.807, 2.05) is 0 Å². The van der Waals surface area contributed by atoms with Gasteiger partial charge >= 0.3 is 6.55 Å². The number of rotatable bonds is 4. The summed E-state index contributed by atoms with van der Waals surface area (Å²) in [6.45, 7) is 0.313. The number of halogens is 4. The minimum Gasteiger partial charge on any atom is -0.323 e. The molecule has 0 spiro atoms. The Morgan fingerprint density at radius 1 is 1.36 bits per heavy atom. The molecular weight excluding hydrogens is 337 g/mol. The van der Waals surface area contributed by atoms with Gasteiger partial charge in [-0.15, -0.1) is 0 Å². The van der Waals surface area contributed by atoms with Crippen LogP contribution < -0.4 is 5.32 Å². The number of nitrogens with one attached hydrogen (secondary N) is 1. The standard InChI is InChI=1S/C13H12Cl2F2N4O/c1-6-8(7(2)21(20-6)13(16)17)3-11(22)19-10-5-18-4-9(14)12(10)15/h4-5,13H,3H2,1-2H3,(H,19,22). The van der Waals surface area contributed by atoms with Crippen LogP contribution in [0.1, 0.15) is 23.5 Å². The van der Waals surface area contributed by atoms with Crippen molar-refractivity contribution < 1.29 is 13.6 Å². The van der Waals surface area contributed by atoms with Gasteiger partial charge in [-0.2, -0.15) is 13.9 Å². The number of carbonyl (C=O) groups is 1. The zero-order chi connectivity index (χ0) is 16.4. The normalized spacial score (nSPS) is 11.0. The van der Waals surface area contributed by atoms with Crippen molar-refractivity contribution in [1.29, 1.82) is 0 Å². The Bertz CT molecular complexity index is 718. The molecule has 0 fully saturated rings. The maximum absolute atomic E-state index is 12.8. The van der Waals surface area contributed by atoms with Crippen LogP contribution in [-0.2, 0) is 11.2 Å². The number of hydrogen-bond donors (Lipinski definition) is 1. The topological polar surface area (TPSA) is 59.8 Å². The largest absolute Gasteiger partial charge is 0.333 e. The molecule has 2 rings (SSSR count). The zero-order valence-corrected chi connectivity index (χ0v) is 13.2. The van der Waals surface area contributed by atoms with Crippen LogP contribution in [0, 0.1) is 13.8 Å². The van der Waals surface area contributed by atoms with Crippen LogP contribution in [0.25, 0.3) is 0 Å². The molecule has 5 nitrogen and oxygen atoms in total. The average molecular weight is 349 g/mol. The minimum absolute atomic E-state index is 0.104. The van der Waals surface area contributed by atoms with Crippen LogP contribution in [0.2, 0.25) is 10.0 Å². The number of amides is 1. The van der Waals surface area contributed by atoms with Crippen LogP contribution in [0.5, 0.6) is 0 Å². The third-order valence-corrected chi connectivity index (χ3v) is 3.90. The molecule has 22 heavy (non-hydrogen) atoms. The number of anilines is 1. The lowest BCUT2D eigenvalue weighted by molar-refractivity contribution is -0.115. The van der Waals surface area contributed by atoms with Crippen LogP contribution >= 0.6 is 23.2 Å². The molecule has 1 amide bonds. The molecule has 0 saturated heterocycles. The van der Waals surface area contributed by atoms with Gasteiger partial charge in [0, 0.05) is 17.5 Å². The highest BCUT2D eigenvalue weighted by atomic mass is 35.5. The molecule has 0 bridgehead atoms. The Morgan fingerprint density at radius 2 is 2.05 bits per heavy atom. The third kappa shape index (κ3) is 3.36. The van der Waals surface area contributed by atoms with Crippen molar-refractivity contribution in [3.8, 4) is 0 Å². The van der Waals surface area contributed by atoms with Gasteiger partial charge in [0.15, 0.2) is 0 Å². The molecule has 9 heteroatoms. The van der Waals surface area contributed by atoms with Gasteiger partial charge in [-0.3, -0.25) is 9.78 Å². The van der Waals surface area contributed by atoms with E-state index in [1.54, 1.807) is 6.92 Å². The molecule has 0 unspecified atom stereocenters. The van der Waals surface area contributed by atoms with Gasteiger partial charge in [0.2, 0.25) is 5.91 Å². The maximum atomic E-state index is 12.8. The first-order valence-electron chi connectivity index (χ1n) is 6.22. The first-order chi connectivity index (χ1) is 10.3. The summed E-state index contributed by atoms with van der Waals surface area (Å²) in [7, 11) is 0. The van der Waals surface area contributed by atoms with E-state index in [2.05, 4.69) is 15.4 Å². The molecule has 0 aromatic carbocycles. The van der Waals surface area contributed by atoms with Crippen molar-refractivity contribution in [1.82, 2.24) is 14.8 Å². The number of nitrogens with zero attached hydrogens (tertiary/aromatic N) is 3. The lowest BCUT2D eigenvalue weighted by Crippen LogP contribution is -2.16. The van der Waals surface area contributed by atoms with E-state index >= 15 is 0 Å². The Labute approximate surface area is 135 Å². The Kier molecular flexibility index (Phi) is 4.97. The van der Waals surface area contributed by atoms with E-state index in [4.69, 9.17) is 23.2 Å². The lowest BCUT2D eigenvalue weighted by atomic mass is 10.1. The maximum Gasteiger partial charge on any atom is 0.333 e. The van der Waals surface area contributed by atoms with Gasteiger partial charge in [0.25, 0.3) is 0 Å². The van der Waals surface area contributed by atoms with Gasteiger partial charge in [-0.25, -0.2) is 4.68 Å². The van der Waals surface area contributed by atoms with Gasteiger partial charge in [0.05, 0.1) is 34.0 Å². The Morgan fingerprint density at radius 3 is 2.64 bits per heavy atom. The number of carbonyl (C=O) groups excluding carboxylic acids is 1. The van der Waals surface area contributed by atoms with Crippen molar-refractivity contribution in [3.05, 3.63) is 39.4 Å². The molecule has 2 aromatic rings. The predicted molar refractivity (Wildman–Crippen MR) is 79.5 cm³/mol. The van der Waals surface area contributed by atoms with Gasteiger partial charge in [-0.05, 0) is 13.8 Å². The van der Waals surface area contributed by atoms with E-state index in [-0.39, 0.29) is 27.8 Å². The number of pyridine rings is 1. The summed E-state index contributed by atoms with van der Waals surface area (Å²) < 4.78 is 26.1. The first-order valence-corrected chi connectivity index (χ1v) is 6.98. The molecule has 0 aliphatic heterocycles. The van der Waals surface area contributed by atoms with Crippen LogP contribution in [-0.4, -0.2) is 20.7 Å². The highest BCUT2D eigenvalue weighted by Gasteiger charge is 2.19. The Balaban J connectivity index is 2.18. The van der Waals surface area contributed by atoms with Gasteiger partial charge < -0.3 is 5.32 Å². The number of alkyl halides is 2. The fourth-order valence-electron chi connectivity index (χ4n) is 2.00. The average Bonchev–Trinajstić information content (AvgIpc) is 2.72. The predicted octanol–water partition coefficient (Wildman–Crippen LogP) is 3.78. The summed E-state index contributed by atoms with van der Waals surface area (Å²) in [4.78, 5) is 15.9. The van der Waals surface area contributed by atoms with Crippen molar-refractivity contribution in [2.45, 2.75) is 26.8 Å². The molecule has 118 valence electrons. The molecule has 0 atom stereocenters. The molecule has 2 heterocycles. The van der Waals surface area contributed by atoms with Crippen molar-refractivity contribution in [2.75, 3.05) is 5.32 Å². The van der Waals surface area contributed by atoms with Crippen molar-refractivity contribution in [3.63, 3.8) is 0 Å². The first kappa shape index (κ1) is 16.6. The summed E-state index contributed by atoms with van der Waals surface area (Å²) in [6, 6.07) is 0. The quantitative estimate of drug-likeness (QED) is 0.914. The molecule has 0 aliphatic carbocycles. The third-order valence-electron chi connectivity index (χ3n) is 3.11. The van der Waals surface area contributed by atoms with Crippen LogP contribution in [0.3, 0.4) is 0 Å². The summed E-state index contributed by atoms with van der Waals surface area (Å²) in [6.07, 6.45) is 2.60. The van der Waals surface area contributed by atoms with E-state index in [9.17, 15) is 13.6 Å². The lowest BCUT2D eigenvalue weighted by Gasteiger charge is -2.08. The monoisotopic (exact) mass is 348 g/mol. The molecule has 0 aliphatic rings. The summed E-state index contributed by atoms with van der Waals surface area (Å²) in [5.74, 6) is -0.425. The smallest absolute Gasteiger partial charge is 0.323 e.